The van der Waals surface area contributed by atoms with Crippen LogP contribution in [0.15, 0.2) is 97.2 Å². The standard InChI is InChI=1S/C53H87NO7/c1-6-8-10-12-14-16-18-20-22-23-24-25-26-27-28-29-30-32-33-35-37-39-41-43-51(55)60-48-49(47-59-46-45-50(53(57)58)54(3,4)5)61-52(56)44-42-40-38-36-34-31-21-19-17-15-13-11-9-7-2/h8-11,14-17,20,22,24-25,27-28,30,32,49-50H,6-7,12-13,18-19,21,23,26,29,31,33-48H2,1-5H3/b10-8+,11-9+,16-14+,17-15+,22-20+,25-24+,28-27+,32-30+. The summed E-state index contributed by atoms with van der Waals surface area (Å²) < 4.78 is 17.2. The number of esters is 2. The fourth-order valence-corrected chi connectivity index (χ4v) is 6.35. The Morgan fingerprint density at radius 2 is 0.869 bits per heavy atom. The Bertz CT molecular complexity index is 1310. The molecule has 0 N–H and O–H groups in total. The largest absolute Gasteiger partial charge is 0.544 e. The highest BCUT2D eigenvalue weighted by atomic mass is 16.6. The van der Waals surface area contributed by atoms with Crippen LogP contribution in [0.25, 0.3) is 0 Å². The van der Waals surface area contributed by atoms with Crippen LogP contribution < -0.4 is 5.11 Å². The van der Waals surface area contributed by atoms with E-state index in [9.17, 15) is 19.5 Å². The van der Waals surface area contributed by atoms with Crippen molar-refractivity contribution >= 4 is 17.9 Å². The van der Waals surface area contributed by atoms with Gasteiger partial charge in [0.1, 0.15) is 12.6 Å². The average Bonchev–Trinajstić information content (AvgIpc) is 3.22. The van der Waals surface area contributed by atoms with Gasteiger partial charge in [0.25, 0.3) is 0 Å². The van der Waals surface area contributed by atoms with Crippen molar-refractivity contribution in [2.24, 2.45) is 0 Å². The predicted molar refractivity (Wildman–Crippen MR) is 254 cm³/mol. The van der Waals surface area contributed by atoms with Gasteiger partial charge in [-0.3, -0.25) is 9.59 Å². The highest BCUT2D eigenvalue weighted by molar-refractivity contribution is 5.70. The van der Waals surface area contributed by atoms with Crippen molar-refractivity contribution in [3.63, 3.8) is 0 Å². The maximum Gasteiger partial charge on any atom is 0.306 e. The number of carbonyl (C=O) groups is 3. The molecule has 0 aromatic carbocycles. The number of carboxylic acid groups (broad SMARTS) is 1. The second kappa shape index (κ2) is 42.9. The minimum atomic E-state index is -1.13. The highest BCUT2D eigenvalue weighted by Crippen LogP contribution is 2.13. The summed E-state index contributed by atoms with van der Waals surface area (Å²) in [6.45, 7) is 4.39. The van der Waals surface area contributed by atoms with Crippen molar-refractivity contribution < 1.29 is 38.2 Å². The number of ether oxygens (including phenoxy) is 3. The molecule has 0 radical (unpaired) electrons. The molecule has 8 heteroatoms. The Morgan fingerprint density at radius 3 is 1.28 bits per heavy atom. The molecule has 0 aliphatic heterocycles. The van der Waals surface area contributed by atoms with Crippen LogP contribution in [0.4, 0.5) is 0 Å². The lowest BCUT2D eigenvalue weighted by Crippen LogP contribution is -2.55. The van der Waals surface area contributed by atoms with E-state index in [1.165, 1.54) is 19.3 Å². The van der Waals surface area contributed by atoms with Crippen molar-refractivity contribution in [3.8, 4) is 0 Å². The van der Waals surface area contributed by atoms with E-state index in [0.717, 1.165) is 116 Å². The van der Waals surface area contributed by atoms with Gasteiger partial charge in [-0.25, -0.2) is 0 Å². The van der Waals surface area contributed by atoms with Gasteiger partial charge >= 0.3 is 11.9 Å². The van der Waals surface area contributed by atoms with Crippen LogP contribution in [-0.2, 0) is 28.6 Å². The zero-order chi connectivity index (χ0) is 44.9. The number of likely N-dealkylation sites (N-methyl/N-ethyl adjacent to an activating group) is 1. The third-order valence-electron chi connectivity index (χ3n) is 9.97. The van der Waals surface area contributed by atoms with Gasteiger partial charge < -0.3 is 28.6 Å². The quantitative estimate of drug-likeness (QED) is 0.0261. The van der Waals surface area contributed by atoms with E-state index >= 15 is 0 Å². The zero-order valence-corrected chi connectivity index (χ0v) is 39.3. The average molecular weight is 850 g/mol. The number of hydrogen-bond acceptors (Lipinski definition) is 7. The molecular formula is C53H87NO7. The fourth-order valence-electron chi connectivity index (χ4n) is 6.35. The van der Waals surface area contributed by atoms with Crippen molar-refractivity contribution in [2.75, 3.05) is 41.0 Å². The maximum atomic E-state index is 12.7. The van der Waals surface area contributed by atoms with Gasteiger partial charge in [0, 0.05) is 19.3 Å². The molecule has 0 saturated carbocycles. The molecule has 0 amide bonds. The van der Waals surface area contributed by atoms with Crippen molar-refractivity contribution in [3.05, 3.63) is 97.2 Å². The highest BCUT2D eigenvalue weighted by Gasteiger charge is 2.25. The van der Waals surface area contributed by atoms with Gasteiger partial charge in [0.15, 0.2) is 6.10 Å². The Hall–Kier alpha value is -3.75. The first kappa shape index (κ1) is 57.2. The summed E-state index contributed by atoms with van der Waals surface area (Å²) in [4.78, 5) is 36.9. The molecule has 0 spiro atoms. The third-order valence-corrected chi connectivity index (χ3v) is 9.97. The summed E-state index contributed by atoms with van der Waals surface area (Å²) in [5.74, 6) is -1.79. The topological polar surface area (TPSA) is 102 Å². The van der Waals surface area contributed by atoms with Crippen LogP contribution in [0.2, 0.25) is 0 Å². The molecule has 0 aliphatic rings. The summed E-state index contributed by atoms with van der Waals surface area (Å²) >= 11 is 0. The summed E-state index contributed by atoms with van der Waals surface area (Å²) in [6.07, 6.45) is 57.2. The lowest BCUT2D eigenvalue weighted by Gasteiger charge is -2.34. The molecular weight excluding hydrogens is 763 g/mol. The molecule has 8 nitrogen and oxygen atoms in total. The Kier molecular flexibility index (Phi) is 40.3. The molecule has 0 aromatic rings. The van der Waals surface area contributed by atoms with Crippen LogP contribution >= 0.6 is 0 Å². The SMILES string of the molecule is CC/C=C/C/C=C/C/C=C/C/C=C/C/C=C/C/C=C/CCCCCCC(=O)OCC(COCCC(C(=O)[O-])[N+](C)(C)C)OC(=O)CCCCCCCCC/C=C/C/C=C/CC. The van der Waals surface area contributed by atoms with Crippen molar-refractivity contribution in [1.82, 2.24) is 0 Å². The molecule has 0 aliphatic carbocycles. The number of unbranched alkanes of at least 4 members (excludes halogenated alkanes) is 11. The molecule has 61 heavy (non-hydrogen) atoms. The van der Waals surface area contributed by atoms with E-state index in [1.807, 2.05) is 0 Å². The number of aliphatic carboxylic acids is 1. The lowest BCUT2D eigenvalue weighted by atomic mass is 10.1. The number of allylic oxidation sites excluding steroid dienone is 16. The molecule has 0 heterocycles. The molecule has 2 unspecified atom stereocenters. The second-order valence-corrected chi connectivity index (χ2v) is 16.6. The van der Waals surface area contributed by atoms with E-state index in [2.05, 4.69) is 111 Å². The number of nitrogens with zero attached hydrogens (tertiary/aromatic N) is 1. The van der Waals surface area contributed by atoms with Gasteiger partial charge in [0.05, 0.1) is 40.3 Å². The number of hydrogen-bond donors (Lipinski definition) is 0. The Morgan fingerprint density at radius 1 is 0.492 bits per heavy atom. The van der Waals surface area contributed by atoms with Crippen LogP contribution in [-0.4, -0.2) is 75.5 Å². The van der Waals surface area contributed by atoms with Crippen molar-refractivity contribution in [2.45, 2.75) is 180 Å². The molecule has 2 atom stereocenters. The first-order chi connectivity index (χ1) is 29.6. The van der Waals surface area contributed by atoms with E-state index in [4.69, 9.17) is 14.2 Å². The minimum Gasteiger partial charge on any atom is -0.544 e. The number of carboxylic acids is 1. The number of carbonyl (C=O) groups excluding carboxylic acids is 3. The molecule has 0 rings (SSSR count). The van der Waals surface area contributed by atoms with Gasteiger partial charge in [-0.1, -0.05) is 156 Å². The van der Waals surface area contributed by atoms with Gasteiger partial charge in [0.2, 0.25) is 0 Å². The normalized spacial score (nSPS) is 13.8. The van der Waals surface area contributed by atoms with E-state index in [1.54, 1.807) is 21.1 Å². The zero-order valence-electron chi connectivity index (χ0n) is 39.3. The van der Waals surface area contributed by atoms with E-state index in [0.29, 0.717) is 12.8 Å². The molecule has 0 saturated heterocycles. The predicted octanol–water partition coefficient (Wildman–Crippen LogP) is 12.1. The summed E-state index contributed by atoms with van der Waals surface area (Å²) in [5, 5.41) is 11.6. The molecule has 0 fully saturated rings. The lowest BCUT2D eigenvalue weighted by molar-refractivity contribution is -0.889. The monoisotopic (exact) mass is 850 g/mol. The smallest absolute Gasteiger partial charge is 0.306 e. The first-order valence-corrected chi connectivity index (χ1v) is 23.8. The van der Waals surface area contributed by atoms with Crippen LogP contribution in [0.3, 0.4) is 0 Å². The first-order valence-electron chi connectivity index (χ1n) is 23.8. The number of quaternary nitrogens is 1. The van der Waals surface area contributed by atoms with Crippen LogP contribution in [0.1, 0.15) is 168 Å². The van der Waals surface area contributed by atoms with Crippen LogP contribution in [0, 0.1) is 0 Å². The van der Waals surface area contributed by atoms with E-state index < -0.39 is 18.1 Å². The summed E-state index contributed by atoms with van der Waals surface area (Å²) in [7, 11) is 5.39. The maximum absolute atomic E-state index is 12.7. The molecule has 0 aromatic heterocycles. The summed E-state index contributed by atoms with van der Waals surface area (Å²) in [5.41, 5.74) is 0. The second-order valence-electron chi connectivity index (χ2n) is 16.6. The van der Waals surface area contributed by atoms with Gasteiger partial charge in [-0.15, -0.1) is 0 Å². The van der Waals surface area contributed by atoms with Gasteiger partial charge in [-0.05, 0) is 89.9 Å². The molecule has 0 bridgehead atoms. The minimum absolute atomic E-state index is 0.0230. The van der Waals surface area contributed by atoms with Gasteiger partial charge in [-0.2, -0.15) is 0 Å². The summed E-state index contributed by atoms with van der Waals surface area (Å²) in [6, 6.07) is -0.737. The number of rotatable bonds is 41. The van der Waals surface area contributed by atoms with Crippen molar-refractivity contribution in [1.29, 1.82) is 0 Å². The van der Waals surface area contributed by atoms with Crippen LogP contribution in [0.5, 0.6) is 0 Å². The Labute approximate surface area is 373 Å². The van der Waals surface area contributed by atoms with E-state index in [-0.39, 0.29) is 42.7 Å². The Balaban J connectivity index is 4.35. The molecule has 346 valence electrons. The third kappa shape index (κ3) is 41.4. The fraction of sp³-hybridized carbons (Fsp3) is 0.642.